The van der Waals surface area contributed by atoms with E-state index in [1.165, 1.54) is 0 Å². The van der Waals surface area contributed by atoms with Crippen molar-refractivity contribution in [2.45, 2.75) is 6.42 Å². The van der Waals surface area contributed by atoms with Crippen LogP contribution in [-0.4, -0.2) is 11.7 Å². The van der Waals surface area contributed by atoms with Crippen LogP contribution in [0.2, 0.25) is 0 Å². The molecule has 60 valence electrons. The molecule has 0 amide bonds. The van der Waals surface area contributed by atoms with Crippen LogP contribution < -0.4 is 0 Å². The molecular weight excluding hydrogens is 136 g/mol. The second-order valence-electron chi connectivity index (χ2n) is 2.00. The van der Waals surface area contributed by atoms with Crippen molar-refractivity contribution in [2.24, 2.45) is 0 Å². The molecule has 0 radical (unpaired) electrons. The lowest BCUT2D eigenvalue weighted by molar-refractivity contribution is 0.329. The number of hydrogen-bond donors (Lipinski definition) is 1. The molecule has 0 heterocycles. The number of aliphatic hydroxyl groups excluding tert-OH is 1. The van der Waals surface area contributed by atoms with Crippen molar-refractivity contribution < 1.29 is 5.11 Å². The molecule has 1 aliphatic rings. The van der Waals surface area contributed by atoms with Gasteiger partial charge in [0.2, 0.25) is 0 Å². The Morgan fingerprint density at radius 3 is 2.64 bits per heavy atom. The zero-order chi connectivity index (χ0) is 8.53. The average molecular weight is 150 g/mol. The smallest absolute Gasteiger partial charge is 0.0647 e. The molecule has 0 unspecified atom stereocenters. The molecule has 1 heteroatoms. The molecule has 1 nitrogen and oxygen atoms in total. The SMILES string of the molecule is C=C.OCC1=CC=CC=CC1. The minimum absolute atomic E-state index is 0.175. The average Bonchev–Trinajstić information content (AvgIpc) is 2.35. The quantitative estimate of drug-likeness (QED) is 0.568. The lowest BCUT2D eigenvalue weighted by Crippen LogP contribution is -1.86. The van der Waals surface area contributed by atoms with Crippen LogP contribution in [0.1, 0.15) is 6.42 Å². The molecule has 0 spiro atoms. The van der Waals surface area contributed by atoms with Crippen LogP contribution in [-0.2, 0) is 0 Å². The van der Waals surface area contributed by atoms with E-state index in [9.17, 15) is 0 Å². The summed E-state index contributed by atoms with van der Waals surface area (Å²) in [5.41, 5.74) is 1.07. The Hall–Kier alpha value is -1.08. The van der Waals surface area contributed by atoms with Gasteiger partial charge in [-0.15, -0.1) is 13.2 Å². The Labute approximate surface area is 68.1 Å². The van der Waals surface area contributed by atoms with Crippen LogP contribution in [0.25, 0.3) is 0 Å². The summed E-state index contributed by atoms with van der Waals surface area (Å²) in [6.07, 6.45) is 10.7. The van der Waals surface area contributed by atoms with Crippen LogP contribution >= 0.6 is 0 Å². The monoisotopic (exact) mass is 150 g/mol. The van der Waals surface area contributed by atoms with Crippen LogP contribution in [0.5, 0.6) is 0 Å². The molecule has 0 saturated carbocycles. The summed E-state index contributed by atoms with van der Waals surface area (Å²) in [6.45, 7) is 6.18. The molecule has 0 atom stereocenters. The maximum atomic E-state index is 8.68. The van der Waals surface area contributed by atoms with Crippen molar-refractivity contribution in [3.63, 3.8) is 0 Å². The Morgan fingerprint density at radius 1 is 1.27 bits per heavy atom. The van der Waals surface area contributed by atoms with Crippen molar-refractivity contribution >= 4 is 0 Å². The first kappa shape index (κ1) is 9.92. The molecule has 0 aromatic heterocycles. The Kier molecular flexibility index (Phi) is 6.34. The van der Waals surface area contributed by atoms with Gasteiger partial charge in [-0.1, -0.05) is 30.4 Å². The molecular formula is C10H14O. The molecule has 0 fully saturated rings. The van der Waals surface area contributed by atoms with E-state index in [1.54, 1.807) is 0 Å². The van der Waals surface area contributed by atoms with E-state index >= 15 is 0 Å². The van der Waals surface area contributed by atoms with Crippen molar-refractivity contribution in [2.75, 3.05) is 6.61 Å². The van der Waals surface area contributed by atoms with Crippen LogP contribution in [0.4, 0.5) is 0 Å². The third-order valence-electron chi connectivity index (χ3n) is 1.27. The molecule has 0 aromatic rings. The normalized spacial score (nSPS) is 14.5. The predicted molar refractivity (Wildman–Crippen MR) is 49.3 cm³/mol. The highest BCUT2D eigenvalue weighted by Crippen LogP contribution is 2.04. The van der Waals surface area contributed by atoms with E-state index < -0.39 is 0 Å². The topological polar surface area (TPSA) is 20.2 Å². The van der Waals surface area contributed by atoms with Gasteiger partial charge >= 0.3 is 0 Å². The van der Waals surface area contributed by atoms with Gasteiger partial charge in [-0.25, -0.2) is 0 Å². The second-order valence-corrected chi connectivity index (χ2v) is 2.00. The van der Waals surface area contributed by atoms with Crippen LogP contribution in [0.3, 0.4) is 0 Å². The summed E-state index contributed by atoms with van der Waals surface area (Å²) in [7, 11) is 0. The standard InChI is InChI=1S/C8H10O.C2H4/c9-7-8-5-3-1-2-4-6-8;1-2/h1-5,9H,6-7H2;1-2H2. The summed E-state index contributed by atoms with van der Waals surface area (Å²) in [5, 5.41) is 8.68. The number of allylic oxidation sites excluding steroid dienone is 5. The number of aliphatic hydroxyl groups is 1. The molecule has 1 rings (SSSR count). The van der Waals surface area contributed by atoms with E-state index in [1.807, 2.05) is 30.4 Å². The summed E-state index contributed by atoms with van der Waals surface area (Å²) in [6, 6.07) is 0. The third kappa shape index (κ3) is 4.34. The fourth-order valence-electron chi connectivity index (χ4n) is 0.739. The maximum absolute atomic E-state index is 8.68. The van der Waals surface area contributed by atoms with Gasteiger partial charge < -0.3 is 5.11 Å². The molecule has 0 saturated heterocycles. The number of hydrogen-bond acceptors (Lipinski definition) is 1. The Bertz CT molecular complexity index is 175. The van der Waals surface area contributed by atoms with Crippen molar-refractivity contribution in [1.29, 1.82) is 0 Å². The highest BCUT2D eigenvalue weighted by Gasteiger charge is 1.90. The maximum Gasteiger partial charge on any atom is 0.0647 e. The summed E-state index contributed by atoms with van der Waals surface area (Å²) >= 11 is 0. The first-order chi connectivity index (χ1) is 5.43. The van der Waals surface area contributed by atoms with Gasteiger partial charge in [0.1, 0.15) is 0 Å². The predicted octanol–water partition coefficient (Wildman–Crippen LogP) is 2.22. The number of rotatable bonds is 1. The first-order valence-corrected chi connectivity index (χ1v) is 3.55. The van der Waals surface area contributed by atoms with Crippen molar-refractivity contribution in [3.8, 4) is 0 Å². The van der Waals surface area contributed by atoms with Gasteiger partial charge in [0.05, 0.1) is 6.61 Å². The molecule has 1 aliphatic carbocycles. The highest BCUT2D eigenvalue weighted by molar-refractivity contribution is 5.23. The van der Waals surface area contributed by atoms with E-state index in [4.69, 9.17) is 5.11 Å². The van der Waals surface area contributed by atoms with Crippen LogP contribution in [0.15, 0.2) is 49.1 Å². The Morgan fingerprint density at radius 2 is 2.00 bits per heavy atom. The summed E-state index contributed by atoms with van der Waals surface area (Å²) in [4.78, 5) is 0. The zero-order valence-corrected chi connectivity index (χ0v) is 6.66. The minimum Gasteiger partial charge on any atom is -0.392 e. The lowest BCUT2D eigenvalue weighted by Gasteiger charge is -1.93. The van der Waals surface area contributed by atoms with Crippen LogP contribution in [0, 0.1) is 0 Å². The first-order valence-electron chi connectivity index (χ1n) is 3.55. The molecule has 0 aliphatic heterocycles. The van der Waals surface area contributed by atoms with Gasteiger partial charge in [0, 0.05) is 0 Å². The summed E-state index contributed by atoms with van der Waals surface area (Å²) in [5.74, 6) is 0. The van der Waals surface area contributed by atoms with E-state index in [0.29, 0.717) is 0 Å². The zero-order valence-electron chi connectivity index (χ0n) is 6.66. The lowest BCUT2D eigenvalue weighted by atomic mass is 10.2. The van der Waals surface area contributed by atoms with E-state index in [0.717, 1.165) is 12.0 Å². The van der Waals surface area contributed by atoms with Crippen molar-refractivity contribution in [3.05, 3.63) is 49.1 Å². The molecule has 0 aromatic carbocycles. The molecule has 11 heavy (non-hydrogen) atoms. The Balaban J connectivity index is 0.000000461. The van der Waals surface area contributed by atoms with E-state index in [-0.39, 0.29) is 6.61 Å². The molecule has 1 N–H and O–H groups in total. The van der Waals surface area contributed by atoms with Gasteiger partial charge in [-0.3, -0.25) is 0 Å². The van der Waals surface area contributed by atoms with Gasteiger partial charge in [-0.2, -0.15) is 0 Å². The fourth-order valence-corrected chi connectivity index (χ4v) is 0.739. The van der Waals surface area contributed by atoms with E-state index in [2.05, 4.69) is 13.2 Å². The minimum atomic E-state index is 0.175. The van der Waals surface area contributed by atoms with Gasteiger partial charge in [0.15, 0.2) is 0 Å². The third-order valence-corrected chi connectivity index (χ3v) is 1.27. The molecule has 0 bridgehead atoms. The summed E-state index contributed by atoms with van der Waals surface area (Å²) < 4.78 is 0. The largest absolute Gasteiger partial charge is 0.392 e. The highest BCUT2D eigenvalue weighted by atomic mass is 16.3. The van der Waals surface area contributed by atoms with Crippen molar-refractivity contribution in [1.82, 2.24) is 0 Å². The fraction of sp³-hybridized carbons (Fsp3) is 0.200. The van der Waals surface area contributed by atoms with Gasteiger partial charge in [-0.05, 0) is 12.0 Å². The van der Waals surface area contributed by atoms with Gasteiger partial charge in [0.25, 0.3) is 0 Å². The second kappa shape index (κ2) is 7.03.